The number of hydrogen-bond acceptors (Lipinski definition) is 3. The van der Waals surface area contributed by atoms with E-state index in [-0.39, 0.29) is 5.41 Å². The van der Waals surface area contributed by atoms with Crippen LogP contribution in [0.1, 0.15) is 30.1 Å². The fraction of sp³-hybridized carbons (Fsp3) is 0.500. The number of carbonyl (C=O) groups is 1. The minimum absolute atomic E-state index is 0.190. The van der Waals surface area contributed by atoms with E-state index in [1.54, 1.807) is 18.2 Å². The molecule has 1 aliphatic heterocycles. The number of nitrogens with one attached hydrogen (secondary N) is 2. The summed E-state index contributed by atoms with van der Waals surface area (Å²) in [5.41, 5.74) is 6.76. The predicted molar refractivity (Wildman–Crippen MR) is 78.7 cm³/mol. The average molecular weight is 282 g/mol. The molecule has 1 heterocycles. The molecule has 104 valence electrons. The van der Waals surface area contributed by atoms with E-state index in [9.17, 15) is 4.79 Å². The molecule has 0 radical (unpaired) electrons. The van der Waals surface area contributed by atoms with Crippen molar-refractivity contribution >= 4 is 23.2 Å². The predicted octanol–water partition coefficient (Wildman–Crippen LogP) is 2.24. The van der Waals surface area contributed by atoms with Crippen LogP contribution in [-0.2, 0) is 0 Å². The molecule has 4 N–H and O–H groups in total. The first kappa shape index (κ1) is 14.2. The number of amides is 1. The maximum Gasteiger partial charge on any atom is 0.250 e. The summed E-state index contributed by atoms with van der Waals surface area (Å²) in [4.78, 5) is 11.4. The molecular weight excluding hydrogens is 262 g/mol. The van der Waals surface area contributed by atoms with E-state index >= 15 is 0 Å². The maximum absolute atomic E-state index is 11.4. The van der Waals surface area contributed by atoms with Crippen molar-refractivity contribution in [2.24, 2.45) is 11.1 Å². The van der Waals surface area contributed by atoms with Gasteiger partial charge in [0.1, 0.15) is 0 Å². The van der Waals surface area contributed by atoms with E-state index in [4.69, 9.17) is 17.3 Å². The Morgan fingerprint density at radius 2 is 2.37 bits per heavy atom. The maximum atomic E-state index is 11.4. The minimum atomic E-state index is -0.439. The smallest absolute Gasteiger partial charge is 0.250 e. The van der Waals surface area contributed by atoms with Gasteiger partial charge < -0.3 is 16.4 Å². The number of primary amides is 1. The number of halogens is 1. The van der Waals surface area contributed by atoms with Gasteiger partial charge in [-0.25, -0.2) is 0 Å². The molecular formula is C14H20ClN3O. The Hall–Kier alpha value is -1.26. The van der Waals surface area contributed by atoms with Gasteiger partial charge in [-0.15, -0.1) is 0 Å². The second kappa shape index (κ2) is 5.80. The van der Waals surface area contributed by atoms with Gasteiger partial charge in [-0.1, -0.05) is 18.5 Å². The Labute approximate surface area is 118 Å². The Bertz CT molecular complexity index is 470. The SMILES string of the molecule is CC1(CNc2cc(Cl)ccc2C(N)=O)CCCNC1. The van der Waals surface area contributed by atoms with Crippen LogP contribution in [0, 0.1) is 5.41 Å². The molecule has 1 aromatic rings. The summed E-state index contributed by atoms with van der Waals surface area (Å²) in [6.45, 7) is 5.09. The van der Waals surface area contributed by atoms with Crippen LogP contribution in [0.2, 0.25) is 5.02 Å². The van der Waals surface area contributed by atoms with Crippen LogP contribution in [-0.4, -0.2) is 25.5 Å². The third-order valence-electron chi connectivity index (χ3n) is 3.64. The zero-order valence-electron chi connectivity index (χ0n) is 11.1. The molecule has 0 aliphatic carbocycles. The Morgan fingerprint density at radius 3 is 3.00 bits per heavy atom. The van der Waals surface area contributed by atoms with Crippen molar-refractivity contribution in [2.75, 3.05) is 25.0 Å². The van der Waals surface area contributed by atoms with Crippen LogP contribution in [0.4, 0.5) is 5.69 Å². The van der Waals surface area contributed by atoms with Crippen LogP contribution in [0.3, 0.4) is 0 Å². The molecule has 1 fully saturated rings. The van der Waals surface area contributed by atoms with E-state index in [0.717, 1.165) is 19.6 Å². The minimum Gasteiger partial charge on any atom is -0.384 e. The normalized spacial score (nSPS) is 23.1. The summed E-state index contributed by atoms with van der Waals surface area (Å²) in [6.07, 6.45) is 2.34. The van der Waals surface area contributed by atoms with Crippen molar-refractivity contribution in [1.82, 2.24) is 5.32 Å². The molecule has 19 heavy (non-hydrogen) atoms. The van der Waals surface area contributed by atoms with Crippen LogP contribution >= 0.6 is 11.6 Å². The first-order valence-corrected chi connectivity index (χ1v) is 6.92. The Kier molecular flexibility index (Phi) is 4.32. The van der Waals surface area contributed by atoms with Crippen molar-refractivity contribution < 1.29 is 4.79 Å². The third kappa shape index (κ3) is 3.61. The standard InChI is InChI=1S/C14H20ClN3O/c1-14(5-2-6-17-8-14)9-18-12-7-10(15)3-4-11(12)13(16)19/h3-4,7,17-18H,2,5-6,8-9H2,1H3,(H2,16,19). The molecule has 0 bridgehead atoms. The monoisotopic (exact) mass is 281 g/mol. The lowest BCUT2D eigenvalue weighted by Gasteiger charge is -2.34. The van der Waals surface area contributed by atoms with E-state index < -0.39 is 5.91 Å². The van der Waals surface area contributed by atoms with E-state index in [1.165, 1.54) is 12.8 Å². The second-order valence-electron chi connectivity index (χ2n) is 5.50. The molecule has 1 amide bonds. The van der Waals surface area contributed by atoms with Crippen LogP contribution in [0.15, 0.2) is 18.2 Å². The molecule has 2 rings (SSSR count). The Balaban J connectivity index is 2.10. The summed E-state index contributed by atoms with van der Waals surface area (Å²) in [7, 11) is 0. The van der Waals surface area contributed by atoms with Crippen molar-refractivity contribution in [3.63, 3.8) is 0 Å². The number of carbonyl (C=O) groups excluding carboxylic acids is 1. The summed E-state index contributed by atoms with van der Waals surface area (Å²) >= 11 is 5.97. The molecule has 0 aromatic heterocycles. The van der Waals surface area contributed by atoms with Crippen LogP contribution in [0.25, 0.3) is 0 Å². The topological polar surface area (TPSA) is 67.1 Å². The summed E-state index contributed by atoms with van der Waals surface area (Å²) < 4.78 is 0. The molecule has 0 saturated carbocycles. The lowest BCUT2D eigenvalue weighted by Crippen LogP contribution is -2.42. The van der Waals surface area contributed by atoms with E-state index in [1.807, 2.05) is 0 Å². The highest BCUT2D eigenvalue weighted by molar-refractivity contribution is 6.31. The van der Waals surface area contributed by atoms with Crippen molar-refractivity contribution in [1.29, 1.82) is 0 Å². The highest BCUT2D eigenvalue weighted by Crippen LogP contribution is 2.27. The first-order valence-electron chi connectivity index (χ1n) is 6.54. The molecule has 1 unspecified atom stereocenters. The Morgan fingerprint density at radius 1 is 1.58 bits per heavy atom. The van der Waals surface area contributed by atoms with Crippen molar-refractivity contribution in [3.05, 3.63) is 28.8 Å². The number of hydrogen-bond donors (Lipinski definition) is 3. The molecule has 0 spiro atoms. The molecule has 5 heteroatoms. The molecule has 4 nitrogen and oxygen atoms in total. The molecule has 1 aliphatic rings. The third-order valence-corrected chi connectivity index (χ3v) is 3.87. The zero-order valence-corrected chi connectivity index (χ0v) is 11.9. The van der Waals surface area contributed by atoms with Crippen molar-refractivity contribution in [2.45, 2.75) is 19.8 Å². The molecule has 1 aromatic carbocycles. The van der Waals surface area contributed by atoms with Crippen LogP contribution < -0.4 is 16.4 Å². The largest absolute Gasteiger partial charge is 0.384 e. The van der Waals surface area contributed by atoms with Crippen molar-refractivity contribution in [3.8, 4) is 0 Å². The molecule has 1 atom stereocenters. The first-order chi connectivity index (χ1) is 9.00. The number of benzene rings is 1. The second-order valence-corrected chi connectivity index (χ2v) is 5.94. The van der Waals surface area contributed by atoms with E-state index in [2.05, 4.69) is 17.6 Å². The fourth-order valence-corrected chi connectivity index (χ4v) is 2.63. The van der Waals surface area contributed by atoms with Gasteiger partial charge in [0.25, 0.3) is 5.91 Å². The van der Waals surface area contributed by atoms with Crippen LogP contribution in [0.5, 0.6) is 0 Å². The number of anilines is 1. The van der Waals surface area contributed by atoms with Gasteiger partial charge in [0.2, 0.25) is 0 Å². The highest BCUT2D eigenvalue weighted by atomic mass is 35.5. The number of rotatable bonds is 4. The lowest BCUT2D eigenvalue weighted by molar-refractivity contribution is 0.100. The fourth-order valence-electron chi connectivity index (χ4n) is 2.46. The van der Waals surface area contributed by atoms with Gasteiger partial charge in [0.15, 0.2) is 0 Å². The number of nitrogens with two attached hydrogens (primary N) is 1. The lowest BCUT2D eigenvalue weighted by atomic mass is 9.82. The van der Waals surface area contributed by atoms with Gasteiger partial charge >= 0.3 is 0 Å². The van der Waals surface area contributed by atoms with Gasteiger partial charge in [-0.05, 0) is 43.0 Å². The van der Waals surface area contributed by atoms with Gasteiger partial charge in [0, 0.05) is 23.8 Å². The highest BCUT2D eigenvalue weighted by Gasteiger charge is 2.26. The summed E-state index contributed by atoms with van der Waals surface area (Å²) in [5, 5.41) is 7.32. The summed E-state index contributed by atoms with van der Waals surface area (Å²) in [5.74, 6) is -0.439. The zero-order chi connectivity index (χ0) is 13.9. The van der Waals surface area contributed by atoms with Gasteiger partial charge in [-0.2, -0.15) is 0 Å². The van der Waals surface area contributed by atoms with Gasteiger partial charge in [0.05, 0.1) is 5.56 Å². The summed E-state index contributed by atoms with van der Waals surface area (Å²) in [6, 6.07) is 5.09. The quantitative estimate of drug-likeness (QED) is 0.793. The van der Waals surface area contributed by atoms with E-state index in [0.29, 0.717) is 16.3 Å². The molecule has 1 saturated heterocycles. The number of piperidine rings is 1. The van der Waals surface area contributed by atoms with Gasteiger partial charge in [-0.3, -0.25) is 4.79 Å². The average Bonchev–Trinajstić information content (AvgIpc) is 2.37.